The van der Waals surface area contributed by atoms with Crippen molar-refractivity contribution in [3.05, 3.63) is 59.4 Å². The number of pyridine rings is 1. The zero-order valence-corrected chi connectivity index (χ0v) is 12.0. The Hall–Kier alpha value is -2.36. The molecular formula is C17H18N2O2. The summed E-state index contributed by atoms with van der Waals surface area (Å²) in [5.41, 5.74) is 2.77. The van der Waals surface area contributed by atoms with E-state index in [4.69, 9.17) is 4.74 Å². The zero-order chi connectivity index (χ0) is 14.7. The van der Waals surface area contributed by atoms with Crippen LogP contribution in [0.3, 0.4) is 0 Å². The molecule has 2 aromatic rings. The van der Waals surface area contributed by atoms with Crippen LogP contribution in [-0.2, 0) is 6.54 Å². The molecule has 3 rings (SSSR count). The van der Waals surface area contributed by atoms with Crippen molar-refractivity contribution in [2.24, 2.45) is 0 Å². The lowest BCUT2D eigenvalue weighted by atomic mass is 9.93. The van der Waals surface area contributed by atoms with E-state index in [-0.39, 0.29) is 5.91 Å². The average Bonchev–Trinajstić information content (AvgIpc) is 2.53. The van der Waals surface area contributed by atoms with Crippen molar-refractivity contribution in [3.8, 4) is 5.75 Å². The molecule has 1 unspecified atom stereocenters. The van der Waals surface area contributed by atoms with Crippen molar-refractivity contribution >= 4 is 5.91 Å². The SMILES string of the molecule is CC1CCOc2c(C(=O)NCc3ccncc3)cccc21. The predicted molar refractivity (Wildman–Crippen MR) is 80.4 cm³/mol. The van der Waals surface area contributed by atoms with E-state index in [0.29, 0.717) is 24.6 Å². The van der Waals surface area contributed by atoms with Crippen molar-refractivity contribution in [1.82, 2.24) is 10.3 Å². The summed E-state index contributed by atoms with van der Waals surface area (Å²) in [6, 6.07) is 9.56. The molecule has 1 aromatic heterocycles. The molecule has 1 aliphatic rings. The molecule has 0 saturated heterocycles. The van der Waals surface area contributed by atoms with Gasteiger partial charge in [0.25, 0.3) is 5.91 Å². The number of nitrogens with zero attached hydrogens (tertiary/aromatic N) is 1. The van der Waals surface area contributed by atoms with E-state index in [1.165, 1.54) is 0 Å². The van der Waals surface area contributed by atoms with E-state index in [9.17, 15) is 4.79 Å². The summed E-state index contributed by atoms with van der Waals surface area (Å²) >= 11 is 0. The van der Waals surface area contributed by atoms with Gasteiger partial charge < -0.3 is 10.1 Å². The summed E-state index contributed by atoms with van der Waals surface area (Å²) in [6.07, 6.45) is 4.43. The van der Waals surface area contributed by atoms with Crippen LogP contribution in [-0.4, -0.2) is 17.5 Å². The third-order valence-electron chi connectivity index (χ3n) is 3.82. The number of carbonyl (C=O) groups excluding carboxylic acids is 1. The fraction of sp³-hybridized carbons (Fsp3) is 0.294. The molecule has 1 atom stereocenters. The number of benzene rings is 1. The van der Waals surface area contributed by atoms with E-state index >= 15 is 0 Å². The highest BCUT2D eigenvalue weighted by Crippen LogP contribution is 2.35. The van der Waals surface area contributed by atoms with Crippen LogP contribution in [0.1, 0.15) is 40.7 Å². The summed E-state index contributed by atoms with van der Waals surface area (Å²) in [5.74, 6) is 1.07. The van der Waals surface area contributed by atoms with Gasteiger partial charge in [-0.05, 0) is 41.7 Å². The number of hydrogen-bond acceptors (Lipinski definition) is 3. The Morgan fingerprint density at radius 1 is 1.33 bits per heavy atom. The first-order chi connectivity index (χ1) is 10.3. The summed E-state index contributed by atoms with van der Waals surface area (Å²) in [7, 11) is 0. The van der Waals surface area contributed by atoms with Crippen LogP contribution in [0.2, 0.25) is 0 Å². The first-order valence-corrected chi connectivity index (χ1v) is 7.18. The monoisotopic (exact) mass is 282 g/mol. The van der Waals surface area contributed by atoms with Gasteiger partial charge in [-0.2, -0.15) is 0 Å². The van der Waals surface area contributed by atoms with Crippen molar-refractivity contribution < 1.29 is 9.53 Å². The van der Waals surface area contributed by atoms with Gasteiger partial charge in [-0.15, -0.1) is 0 Å². The number of rotatable bonds is 3. The summed E-state index contributed by atoms with van der Waals surface area (Å²) < 4.78 is 5.73. The number of aromatic nitrogens is 1. The van der Waals surface area contributed by atoms with Crippen LogP contribution >= 0.6 is 0 Å². The standard InChI is InChI=1S/C17H18N2O2/c1-12-7-10-21-16-14(12)3-2-4-15(16)17(20)19-11-13-5-8-18-9-6-13/h2-6,8-9,12H,7,10-11H2,1H3,(H,19,20). The molecule has 0 saturated carbocycles. The number of fused-ring (bicyclic) bond motifs is 1. The zero-order valence-electron chi connectivity index (χ0n) is 12.0. The first-order valence-electron chi connectivity index (χ1n) is 7.18. The quantitative estimate of drug-likeness (QED) is 0.941. The highest BCUT2D eigenvalue weighted by molar-refractivity contribution is 5.97. The molecule has 0 aliphatic carbocycles. The van der Waals surface area contributed by atoms with Crippen LogP contribution < -0.4 is 10.1 Å². The van der Waals surface area contributed by atoms with Crippen LogP contribution in [0.15, 0.2) is 42.7 Å². The van der Waals surface area contributed by atoms with Crippen LogP contribution in [0.5, 0.6) is 5.75 Å². The van der Waals surface area contributed by atoms with Gasteiger partial charge in [-0.1, -0.05) is 19.1 Å². The van der Waals surface area contributed by atoms with Crippen LogP contribution in [0.25, 0.3) is 0 Å². The van der Waals surface area contributed by atoms with E-state index in [1.54, 1.807) is 12.4 Å². The minimum atomic E-state index is -0.0993. The Labute approximate surface area is 124 Å². The molecule has 1 aromatic carbocycles. The second-order valence-electron chi connectivity index (χ2n) is 5.30. The Bertz CT molecular complexity index is 640. The number of carbonyl (C=O) groups is 1. The average molecular weight is 282 g/mol. The number of para-hydroxylation sites is 1. The summed E-state index contributed by atoms with van der Waals surface area (Å²) in [6.45, 7) is 3.32. The lowest BCUT2D eigenvalue weighted by Crippen LogP contribution is -2.25. The van der Waals surface area contributed by atoms with Crippen molar-refractivity contribution in [2.75, 3.05) is 6.61 Å². The number of hydrogen-bond donors (Lipinski definition) is 1. The van der Waals surface area contributed by atoms with Gasteiger partial charge in [0.05, 0.1) is 12.2 Å². The summed E-state index contributed by atoms with van der Waals surface area (Å²) in [5, 5.41) is 2.93. The lowest BCUT2D eigenvalue weighted by molar-refractivity contribution is 0.0945. The first kappa shape index (κ1) is 13.6. The molecule has 21 heavy (non-hydrogen) atoms. The predicted octanol–water partition coefficient (Wildman–Crippen LogP) is 2.90. The van der Waals surface area contributed by atoms with Crippen molar-refractivity contribution in [3.63, 3.8) is 0 Å². The Balaban J connectivity index is 1.77. The molecule has 1 N–H and O–H groups in total. The normalized spacial score (nSPS) is 16.7. The van der Waals surface area contributed by atoms with Gasteiger partial charge in [0.2, 0.25) is 0 Å². The molecule has 4 heteroatoms. The molecule has 0 radical (unpaired) electrons. The number of ether oxygens (including phenoxy) is 1. The maximum absolute atomic E-state index is 12.4. The largest absolute Gasteiger partial charge is 0.492 e. The molecule has 2 heterocycles. The maximum Gasteiger partial charge on any atom is 0.255 e. The van der Waals surface area contributed by atoms with Gasteiger partial charge in [-0.3, -0.25) is 9.78 Å². The fourth-order valence-corrected chi connectivity index (χ4v) is 2.55. The third-order valence-corrected chi connectivity index (χ3v) is 3.82. The van der Waals surface area contributed by atoms with Gasteiger partial charge in [0.15, 0.2) is 0 Å². The smallest absolute Gasteiger partial charge is 0.255 e. The van der Waals surface area contributed by atoms with Gasteiger partial charge in [-0.25, -0.2) is 0 Å². The maximum atomic E-state index is 12.4. The van der Waals surface area contributed by atoms with E-state index in [1.807, 2.05) is 30.3 Å². The Morgan fingerprint density at radius 2 is 2.14 bits per heavy atom. The van der Waals surface area contributed by atoms with E-state index in [2.05, 4.69) is 17.2 Å². The highest BCUT2D eigenvalue weighted by Gasteiger charge is 2.23. The molecule has 0 bridgehead atoms. The topological polar surface area (TPSA) is 51.2 Å². The van der Waals surface area contributed by atoms with Crippen LogP contribution in [0, 0.1) is 0 Å². The number of amides is 1. The minimum Gasteiger partial charge on any atom is -0.492 e. The summed E-state index contributed by atoms with van der Waals surface area (Å²) in [4.78, 5) is 16.4. The van der Waals surface area contributed by atoms with Crippen molar-refractivity contribution in [1.29, 1.82) is 0 Å². The Kier molecular flexibility index (Phi) is 3.86. The molecule has 4 nitrogen and oxygen atoms in total. The molecule has 0 spiro atoms. The van der Waals surface area contributed by atoms with Crippen LogP contribution in [0.4, 0.5) is 0 Å². The van der Waals surface area contributed by atoms with Crippen molar-refractivity contribution in [2.45, 2.75) is 25.8 Å². The highest BCUT2D eigenvalue weighted by atomic mass is 16.5. The Morgan fingerprint density at radius 3 is 2.95 bits per heavy atom. The molecule has 0 fully saturated rings. The molecule has 1 aliphatic heterocycles. The second kappa shape index (κ2) is 5.95. The van der Waals surface area contributed by atoms with E-state index < -0.39 is 0 Å². The van der Waals surface area contributed by atoms with Gasteiger partial charge in [0, 0.05) is 18.9 Å². The lowest BCUT2D eigenvalue weighted by Gasteiger charge is -2.24. The molecule has 1 amide bonds. The minimum absolute atomic E-state index is 0.0993. The number of nitrogens with one attached hydrogen (secondary N) is 1. The van der Waals surface area contributed by atoms with E-state index in [0.717, 1.165) is 23.3 Å². The third kappa shape index (κ3) is 2.89. The second-order valence-corrected chi connectivity index (χ2v) is 5.30. The van der Waals surface area contributed by atoms with Gasteiger partial charge in [0.1, 0.15) is 5.75 Å². The van der Waals surface area contributed by atoms with Gasteiger partial charge >= 0.3 is 0 Å². The fourth-order valence-electron chi connectivity index (χ4n) is 2.55. The molecule has 108 valence electrons. The molecular weight excluding hydrogens is 264 g/mol.